The minimum atomic E-state index is -0.250. The normalized spacial score (nSPS) is 11.0. The van der Waals surface area contributed by atoms with Crippen LogP contribution in [0.4, 0.5) is 0 Å². The minimum Gasteiger partial charge on any atom is -0.483 e. The molecule has 0 bridgehead atoms. The van der Waals surface area contributed by atoms with E-state index in [1.807, 2.05) is 0 Å². The monoisotopic (exact) mass is 928 g/mol. The first kappa shape index (κ1) is 56.6. The second-order valence-electron chi connectivity index (χ2n) is 13.5. The molecule has 0 saturated heterocycles. The van der Waals surface area contributed by atoms with E-state index in [2.05, 4.69) is 64.1 Å². The van der Waals surface area contributed by atoms with Crippen molar-refractivity contribution in [3.05, 3.63) is 12.3 Å². The molecule has 2 N–H and O–H groups in total. The van der Waals surface area contributed by atoms with Crippen LogP contribution in [0.3, 0.4) is 0 Å². The zero-order chi connectivity index (χ0) is 38.3. The van der Waals surface area contributed by atoms with E-state index in [0.29, 0.717) is 0 Å². The zero-order valence-electron chi connectivity index (χ0n) is 34.0. The molecule has 0 aromatic carbocycles. The standard InChI is InChI=1S/C39H80N2O2SXe.CH3BrO.CH2O2/c1-5-7-9-11-13-15-17-18-20-22-24-26-28-30-41(33-36-44-37-38-45-40(4)31-34-42)32-35-43-39(3)29-27-25-23-21-19-16-14-12-10-8-6-2;1-3-2;2-1-3/h42H,3,5-38H2,1-2,4H3;1H3;1H,(H,2,3). The topological polar surface area (TPSA) is 82.5 Å². The van der Waals surface area contributed by atoms with Crippen LogP contribution in [-0.2, 0) is 13.4 Å². The van der Waals surface area contributed by atoms with Crippen molar-refractivity contribution in [1.29, 1.82) is 0 Å². The molecule has 0 aliphatic heterocycles. The van der Waals surface area contributed by atoms with Crippen molar-refractivity contribution in [3.8, 4) is 0 Å². The van der Waals surface area contributed by atoms with Gasteiger partial charge in [-0.3, -0.25) is 4.79 Å². The van der Waals surface area contributed by atoms with Gasteiger partial charge in [0.2, 0.25) is 0 Å². The summed E-state index contributed by atoms with van der Waals surface area (Å²) < 4.78 is 13.8. The molecule has 0 radical (unpaired) electrons. The van der Waals surface area contributed by atoms with Gasteiger partial charge >= 0.3 is 187 Å². The molecular weight excluding hydrogens is 844 g/mol. The van der Waals surface area contributed by atoms with E-state index in [0.717, 1.165) is 31.9 Å². The van der Waals surface area contributed by atoms with E-state index in [4.69, 9.17) is 19.7 Å². The third-order valence-corrected chi connectivity index (χ3v) is 12.9. The molecule has 0 spiro atoms. The van der Waals surface area contributed by atoms with Crippen LogP contribution >= 0.6 is 28.0 Å². The maximum atomic E-state index is 9.10. The number of hydrogen-bond donors (Lipinski definition) is 2. The van der Waals surface area contributed by atoms with Crippen LogP contribution in [0.1, 0.15) is 174 Å². The van der Waals surface area contributed by atoms with E-state index in [1.165, 1.54) is 180 Å². The van der Waals surface area contributed by atoms with Gasteiger partial charge in [-0.05, 0) is 0 Å². The summed E-state index contributed by atoms with van der Waals surface area (Å²) in [5.41, 5.74) is 0. The first-order valence-electron chi connectivity index (χ1n) is 20.7. The summed E-state index contributed by atoms with van der Waals surface area (Å²) in [5, 5.41) is 16.0. The molecule has 0 saturated carbocycles. The molecule has 7 nitrogen and oxygen atoms in total. The van der Waals surface area contributed by atoms with Crippen LogP contribution in [0, 0.1) is 44.6 Å². The number of aliphatic hydroxyl groups excluding tert-OH is 1. The smallest absolute Gasteiger partial charge is 0.290 e. The van der Waals surface area contributed by atoms with Crippen molar-refractivity contribution in [2.45, 2.75) is 175 Å². The van der Waals surface area contributed by atoms with Gasteiger partial charge in [-0.1, -0.05) is 129 Å². The van der Waals surface area contributed by atoms with E-state index in [9.17, 15) is 0 Å². The molecule has 0 aliphatic carbocycles. The summed E-state index contributed by atoms with van der Waals surface area (Å²) in [6.07, 6.45) is 34.6. The van der Waals surface area contributed by atoms with E-state index in [-0.39, 0.29) is 57.7 Å². The number of rotatable bonds is 39. The summed E-state index contributed by atoms with van der Waals surface area (Å²) in [6, 6.07) is 0. The van der Waals surface area contributed by atoms with Crippen molar-refractivity contribution in [1.82, 2.24) is 4.81 Å². The number of nitrogens with zero attached hydrogens (tertiary/aromatic N) is 2. The fourth-order valence-electron chi connectivity index (χ4n) is 5.77. The van der Waals surface area contributed by atoms with Gasteiger partial charge in [0.1, 0.15) is 0 Å². The summed E-state index contributed by atoms with van der Waals surface area (Å²) >= 11 is 5.00. The molecule has 310 valence electrons. The molecule has 0 amide bonds. The number of carboxylic acid groups (broad SMARTS) is 1. The Morgan fingerprint density at radius 2 is 1.12 bits per heavy atom. The summed E-state index contributed by atoms with van der Waals surface area (Å²) in [4.78, 5) is 11.0. The Morgan fingerprint density at radius 1 is 0.706 bits per heavy atom. The van der Waals surface area contributed by atoms with E-state index < -0.39 is 0 Å². The number of thioether (sulfide) groups is 1. The minimum absolute atomic E-state index is 0.250. The number of aliphatic hydroxyl groups is 1. The number of halogens is 1. The quantitative estimate of drug-likeness (QED) is 0.0358. The third kappa shape index (κ3) is 55.7. The van der Waals surface area contributed by atoms with Crippen LogP contribution in [0.15, 0.2) is 12.3 Å². The van der Waals surface area contributed by atoms with E-state index in [1.54, 1.807) is 7.11 Å². The molecule has 0 fully saturated rings. The van der Waals surface area contributed by atoms with E-state index >= 15 is 0 Å². The number of likely N-dealkylation sites (N-methyl/N-ethyl adjacent to an activating group) is 1. The molecule has 0 aliphatic rings. The molecule has 0 atom stereocenters. The summed E-state index contributed by atoms with van der Waals surface area (Å²) in [5.74, 6) is 3.45. The van der Waals surface area contributed by atoms with Crippen molar-refractivity contribution in [3.63, 3.8) is 0 Å². The van der Waals surface area contributed by atoms with Gasteiger partial charge < -0.3 is 8.93 Å². The second kappa shape index (κ2) is 53.4. The molecule has 10 heteroatoms. The first-order chi connectivity index (χ1) is 25.0. The van der Waals surface area contributed by atoms with Crippen molar-refractivity contribution >= 4 is 34.5 Å². The third-order valence-electron chi connectivity index (χ3n) is 8.79. The molecular formula is C41H85BrN2O5SXe. The van der Waals surface area contributed by atoms with Crippen molar-refractivity contribution in [2.24, 2.45) is 0 Å². The SMILES string of the molecule is C=C(CCCCCCCCCCCCC)OCCN(CCCCCCCCCCCCCCC)CCSCC[Xe]N(C)CCO.COBr.O=CO. The Morgan fingerprint density at radius 3 is 1.55 bits per heavy atom. The molecule has 0 aromatic heterocycles. The maximum Gasteiger partial charge on any atom is 0.290 e. The average Bonchev–Trinajstić information content (AvgIpc) is 3.11. The van der Waals surface area contributed by atoms with Crippen LogP contribution in [0.5, 0.6) is 0 Å². The number of carbonyl (C=O) groups is 1. The maximum absolute atomic E-state index is 9.10. The second-order valence-corrected chi connectivity index (χ2v) is 18.5. The predicted octanol–water partition coefficient (Wildman–Crippen LogP) is 12.3. The number of hydrogen-bond acceptors (Lipinski definition) is 7. The fourth-order valence-corrected chi connectivity index (χ4v) is 9.25. The molecule has 0 rings (SSSR count). The Balaban J connectivity index is -0.00000356. The Hall–Kier alpha value is 1.25. The van der Waals surface area contributed by atoms with Crippen LogP contribution < -0.4 is 0 Å². The number of allylic oxidation sites excluding steroid dienone is 1. The Bertz CT molecular complexity index is 657. The van der Waals surface area contributed by atoms with Gasteiger partial charge in [-0.2, -0.15) is 0 Å². The molecule has 0 unspecified atom stereocenters. The van der Waals surface area contributed by atoms with Gasteiger partial charge in [0.15, 0.2) is 0 Å². The number of ether oxygens (including phenoxy) is 1. The largest absolute Gasteiger partial charge is 0.483 e. The molecule has 0 aromatic rings. The number of unbranched alkanes of at least 4 members (excludes halogenated alkanes) is 22. The van der Waals surface area contributed by atoms with Gasteiger partial charge in [-0.25, -0.2) is 0 Å². The van der Waals surface area contributed by atoms with Crippen LogP contribution in [0.25, 0.3) is 0 Å². The van der Waals surface area contributed by atoms with Gasteiger partial charge in [0, 0.05) is 0 Å². The Labute approximate surface area is 356 Å². The van der Waals surface area contributed by atoms with Gasteiger partial charge in [-0.15, -0.1) is 0 Å². The molecule has 51 heavy (non-hydrogen) atoms. The van der Waals surface area contributed by atoms with Gasteiger partial charge in [0.25, 0.3) is 6.47 Å². The summed E-state index contributed by atoms with van der Waals surface area (Å²) in [6.45, 7) is 13.9. The van der Waals surface area contributed by atoms with Crippen molar-refractivity contribution in [2.75, 3.05) is 65.1 Å². The zero-order valence-corrected chi connectivity index (χ0v) is 38.4. The fraction of sp³-hybridized carbons (Fsp3) is 0.927. The van der Waals surface area contributed by atoms with Gasteiger partial charge in [0.05, 0.1) is 23.4 Å². The first-order valence-corrected chi connectivity index (χ1v) is 24.8. The predicted molar refractivity (Wildman–Crippen MR) is 225 cm³/mol. The average molecular weight is 929 g/mol. The summed E-state index contributed by atoms with van der Waals surface area (Å²) in [7, 11) is 3.68. The van der Waals surface area contributed by atoms with Crippen LogP contribution in [-0.4, -0.2) is 86.6 Å². The molecule has 0 heterocycles. The van der Waals surface area contributed by atoms with Crippen molar-refractivity contribution < 1.29 is 68.2 Å². The van der Waals surface area contributed by atoms with Crippen LogP contribution in [0.2, 0.25) is 0.889 Å². The Kier molecular flexibility index (Phi) is 59.2.